The zero-order valence-electron chi connectivity index (χ0n) is 10.9. The number of nitrogens with two attached hydrogens (primary N) is 1. The zero-order valence-corrected chi connectivity index (χ0v) is 11.7. The molecule has 0 amide bonds. The third-order valence-electron chi connectivity index (χ3n) is 3.59. The van der Waals surface area contributed by atoms with Crippen LogP contribution >= 0.6 is 0 Å². The highest BCUT2D eigenvalue weighted by Gasteiger charge is 2.34. The van der Waals surface area contributed by atoms with E-state index in [0.717, 1.165) is 11.1 Å². The Kier molecular flexibility index (Phi) is 3.99. The van der Waals surface area contributed by atoms with E-state index in [1.165, 1.54) is 6.26 Å². The molecule has 0 aromatic heterocycles. The maximum Gasteiger partial charge on any atom is 0.150 e. The largest absolute Gasteiger partial charge is 0.326 e. The first kappa shape index (κ1) is 14.2. The topological polar surface area (TPSA) is 60.2 Å². The Labute approximate surface area is 104 Å². The van der Waals surface area contributed by atoms with E-state index in [1.807, 2.05) is 38.1 Å². The molecule has 0 aliphatic carbocycles. The molecule has 1 aromatic carbocycles. The van der Waals surface area contributed by atoms with E-state index in [-0.39, 0.29) is 0 Å². The molecule has 0 aliphatic rings. The van der Waals surface area contributed by atoms with Gasteiger partial charge in [0.25, 0.3) is 0 Å². The minimum absolute atomic E-state index is 0.402. The molecular weight excluding hydrogens is 234 g/mol. The number of sulfone groups is 1. The third-order valence-corrected chi connectivity index (χ3v) is 5.47. The molecule has 96 valence electrons. The van der Waals surface area contributed by atoms with E-state index in [0.29, 0.717) is 6.54 Å². The van der Waals surface area contributed by atoms with Crippen LogP contribution < -0.4 is 5.73 Å². The van der Waals surface area contributed by atoms with Gasteiger partial charge in [-0.1, -0.05) is 38.1 Å². The summed E-state index contributed by atoms with van der Waals surface area (Å²) in [6, 6.07) is 7.83. The molecule has 0 saturated heterocycles. The fraction of sp³-hybridized carbons (Fsp3) is 0.538. The summed E-state index contributed by atoms with van der Waals surface area (Å²) in [6.07, 6.45) is 1.29. The zero-order chi connectivity index (χ0) is 13.3. The standard InChI is InChI=1S/C13H21NO2S/c1-10(17(4,15)16)13(2,3)12-7-5-11(9-14)6-8-12/h5-8,10H,9,14H2,1-4H3. The molecule has 0 heterocycles. The molecule has 3 nitrogen and oxygen atoms in total. The van der Waals surface area contributed by atoms with E-state index >= 15 is 0 Å². The highest BCUT2D eigenvalue weighted by Crippen LogP contribution is 2.31. The number of hydrogen-bond acceptors (Lipinski definition) is 3. The smallest absolute Gasteiger partial charge is 0.150 e. The first-order chi connectivity index (χ1) is 7.69. The van der Waals surface area contributed by atoms with E-state index in [9.17, 15) is 8.42 Å². The van der Waals surface area contributed by atoms with Gasteiger partial charge in [-0.2, -0.15) is 0 Å². The second kappa shape index (κ2) is 4.78. The van der Waals surface area contributed by atoms with Crippen LogP contribution in [0.1, 0.15) is 31.9 Å². The van der Waals surface area contributed by atoms with E-state index in [2.05, 4.69) is 0 Å². The summed E-state index contributed by atoms with van der Waals surface area (Å²) in [5, 5.41) is -0.418. The number of hydrogen-bond donors (Lipinski definition) is 1. The summed E-state index contributed by atoms with van der Waals surface area (Å²) < 4.78 is 23.3. The van der Waals surface area contributed by atoms with Gasteiger partial charge < -0.3 is 5.73 Å². The Morgan fingerprint density at radius 3 is 2.06 bits per heavy atom. The molecule has 0 spiro atoms. The number of benzene rings is 1. The van der Waals surface area contributed by atoms with Gasteiger partial charge in [-0.25, -0.2) is 8.42 Å². The molecule has 1 aromatic rings. The average Bonchev–Trinajstić information content (AvgIpc) is 2.27. The summed E-state index contributed by atoms with van der Waals surface area (Å²) in [4.78, 5) is 0. The summed E-state index contributed by atoms with van der Waals surface area (Å²) in [5.74, 6) is 0. The van der Waals surface area contributed by atoms with Crippen molar-refractivity contribution in [1.82, 2.24) is 0 Å². The van der Waals surface area contributed by atoms with Crippen LogP contribution in [-0.2, 0) is 21.8 Å². The van der Waals surface area contributed by atoms with E-state index < -0.39 is 20.5 Å². The molecule has 0 bridgehead atoms. The van der Waals surface area contributed by atoms with Gasteiger partial charge in [-0.15, -0.1) is 0 Å². The Morgan fingerprint density at radius 1 is 1.24 bits per heavy atom. The molecule has 2 N–H and O–H groups in total. The first-order valence-corrected chi connectivity index (χ1v) is 7.63. The fourth-order valence-corrected chi connectivity index (χ4v) is 3.05. The molecule has 0 radical (unpaired) electrons. The average molecular weight is 255 g/mol. The van der Waals surface area contributed by atoms with Crippen LogP contribution in [0.5, 0.6) is 0 Å². The van der Waals surface area contributed by atoms with Gasteiger partial charge in [-0.05, 0) is 18.1 Å². The summed E-state index contributed by atoms with van der Waals surface area (Å²) >= 11 is 0. The quantitative estimate of drug-likeness (QED) is 0.893. The Balaban J connectivity index is 3.12. The lowest BCUT2D eigenvalue weighted by molar-refractivity contribution is 0.485. The molecule has 0 fully saturated rings. The SMILES string of the molecule is CC(C(C)(C)c1ccc(CN)cc1)S(C)(=O)=O. The summed E-state index contributed by atoms with van der Waals surface area (Å²) in [6.45, 7) is 6.17. The molecule has 0 aliphatic heterocycles. The molecule has 1 unspecified atom stereocenters. The summed E-state index contributed by atoms with van der Waals surface area (Å²) in [5.41, 5.74) is 7.21. The van der Waals surface area contributed by atoms with Crippen molar-refractivity contribution in [1.29, 1.82) is 0 Å². The number of rotatable bonds is 4. The fourth-order valence-electron chi connectivity index (χ4n) is 1.84. The molecule has 1 atom stereocenters. The van der Waals surface area contributed by atoms with Crippen molar-refractivity contribution >= 4 is 9.84 Å². The van der Waals surface area contributed by atoms with Crippen LogP contribution in [0.4, 0.5) is 0 Å². The Hall–Kier alpha value is -0.870. The van der Waals surface area contributed by atoms with Crippen LogP contribution in [0.3, 0.4) is 0 Å². The van der Waals surface area contributed by atoms with Crippen molar-refractivity contribution in [3.8, 4) is 0 Å². The third kappa shape index (κ3) is 3.07. The molecule has 17 heavy (non-hydrogen) atoms. The van der Waals surface area contributed by atoms with Gasteiger partial charge in [0.1, 0.15) is 0 Å². The van der Waals surface area contributed by atoms with Crippen LogP contribution in [0.25, 0.3) is 0 Å². The van der Waals surface area contributed by atoms with E-state index in [4.69, 9.17) is 5.73 Å². The minimum Gasteiger partial charge on any atom is -0.326 e. The maximum atomic E-state index is 11.7. The lowest BCUT2D eigenvalue weighted by Gasteiger charge is -2.31. The molecule has 1 rings (SSSR count). The normalized spacial score (nSPS) is 14.6. The second-order valence-electron chi connectivity index (χ2n) is 5.09. The minimum atomic E-state index is -3.05. The van der Waals surface area contributed by atoms with Crippen molar-refractivity contribution in [2.75, 3.05) is 6.26 Å². The van der Waals surface area contributed by atoms with Gasteiger partial charge in [0.2, 0.25) is 0 Å². The van der Waals surface area contributed by atoms with Crippen LogP contribution in [0.15, 0.2) is 24.3 Å². The lowest BCUT2D eigenvalue weighted by Crippen LogP contribution is -2.37. The monoisotopic (exact) mass is 255 g/mol. The molecule has 4 heteroatoms. The maximum absolute atomic E-state index is 11.7. The van der Waals surface area contributed by atoms with Crippen LogP contribution in [0.2, 0.25) is 0 Å². The first-order valence-electron chi connectivity index (χ1n) is 5.68. The Bertz CT molecular complexity index is 475. The van der Waals surface area contributed by atoms with Crippen molar-refractivity contribution in [2.45, 2.75) is 38.0 Å². The van der Waals surface area contributed by atoms with Crippen LogP contribution in [0, 0.1) is 0 Å². The van der Waals surface area contributed by atoms with Crippen LogP contribution in [-0.4, -0.2) is 19.9 Å². The van der Waals surface area contributed by atoms with Gasteiger partial charge in [0, 0.05) is 18.2 Å². The van der Waals surface area contributed by atoms with Crippen molar-refractivity contribution in [2.24, 2.45) is 5.73 Å². The Morgan fingerprint density at radius 2 is 1.71 bits per heavy atom. The lowest BCUT2D eigenvalue weighted by atomic mass is 9.81. The predicted octanol–water partition coefficient (Wildman–Crippen LogP) is 1.86. The highest BCUT2D eigenvalue weighted by atomic mass is 32.2. The highest BCUT2D eigenvalue weighted by molar-refractivity contribution is 7.91. The van der Waals surface area contributed by atoms with Gasteiger partial charge in [0.15, 0.2) is 9.84 Å². The van der Waals surface area contributed by atoms with E-state index in [1.54, 1.807) is 6.92 Å². The van der Waals surface area contributed by atoms with Gasteiger partial charge in [-0.3, -0.25) is 0 Å². The van der Waals surface area contributed by atoms with Crippen molar-refractivity contribution < 1.29 is 8.42 Å². The molecule has 0 saturated carbocycles. The molecular formula is C13H21NO2S. The van der Waals surface area contributed by atoms with Gasteiger partial charge in [0.05, 0.1) is 5.25 Å². The van der Waals surface area contributed by atoms with Crippen molar-refractivity contribution in [3.63, 3.8) is 0 Å². The predicted molar refractivity (Wildman–Crippen MR) is 71.7 cm³/mol. The summed E-state index contributed by atoms with van der Waals surface area (Å²) in [7, 11) is -3.05. The van der Waals surface area contributed by atoms with Gasteiger partial charge >= 0.3 is 0 Å². The van der Waals surface area contributed by atoms with Crippen molar-refractivity contribution in [3.05, 3.63) is 35.4 Å². The second-order valence-corrected chi connectivity index (χ2v) is 7.46.